The Morgan fingerprint density at radius 1 is 1.16 bits per heavy atom. The van der Waals surface area contributed by atoms with E-state index in [1.54, 1.807) is 36.4 Å². The molecule has 25 heavy (non-hydrogen) atoms. The fourth-order valence-electron chi connectivity index (χ4n) is 2.25. The number of fused-ring (bicyclic) bond motifs is 1. The number of carboxylic acid groups (broad SMARTS) is 1. The zero-order valence-corrected chi connectivity index (χ0v) is 12.8. The highest BCUT2D eigenvalue weighted by Crippen LogP contribution is 2.23. The first kappa shape index (κ1) is 15.8. The maximum Gasteiger partial charge on any atom is 0.335 e. The van der Waals surface area contributed by atoms with Crippen molar-refractivity contribution >= 4 is 22.7 Å². The summed E-state index contributed by atoms with van der Waals surface area (Å²) in [6, 6.07) is 15.5. The molecule has 0 unspecified atom stereocenters. The van der Waals surface area contributed by atoms with Crippen molar-refractivity contribution in [1.82, 2.24) is 9.97 Å². The molecule has 7 nitrogen and oxygen atoms in total. The second-order valence-electron chi connectivity index (χ2n) is 5.13. The molecule has 0 aliphatic carbocycles. The minimum absolute atomic E-state index is 0.0180. The van der Waals surface area contributed by atoms with Gasteiger partial charge in [-0.05, 0) is 42.5 Å². The number of H-pyrrole nitrogens is 1. The Bertz CT molecular complexity index is 1050. The second-order valence-corrected chi connectivity index (χ2v) is 5.13. The number of carbonyl (C=O) groups is 1. The molecule has 0 radical (unpaired) electrons. The van der Waals surface area contributed by atoms with Crippen molar-refractivity contribution < 1.29 is 9.90 Å². The normalized spacial score (nSPS) is 9.84. The number of aromatic carboxylic acids is 1. The van der Waals surface area contributed by atoms with Crippen LogP contribution in [0.1, 0.15) is 10.4 Å². The standard InChI is InChI=1S/C18H11N5O2/c19-8-11(9-20)10-21-14-4-1-12(2-5-14)17-22-15-6-3-13(18(24)25)7-16(15)23-17/h1-7,10,21H,(H,22,23)(H,24,25). The monoisotopic (exact) mass is 329 g/mol. The third kappa shape index (κ3) is 3.31. The van der Waals surface area contributed by atoms with Crippen LogP contribution in [0.5, 0.6) is 0 Å². The van der Waals surface area contributed by atoms with Crippen LogP contribution in [-0.4, -0.2) is 21.0 Å². The number of nitrogens with zero attached hydrogens (tertiary/aromatic N) is 3. The highest BCUT2D eigenvalue weighted by Gasteiger charge is 2.09. The van der Waals surface area contributed by atoms with Crippen LogP contribution in [0.25, 0.3) is 22.4 Å². The topological polar surface area (TPSA) is 126 Å². The molecule has 1 heterocycles. The number of aromatic amines is 1. The molecule has 120 valence electrons. The molecule has 0 saturated carbocycles. The van der Waals surface area contributed by atoms with E-state index in [9.17, 15) is 4.79 Å². The minimum atomic E-state index is -0.990. The van der Waals surface area contributed by atoms with E-state index in [0.717, 1.165) is 11.3 Å². The molecule has 3 N–H and O–H groups in total. The summed E-state index contributed by atoms with van der Waals surface area (Å²) in [5.41, 5.74) is 3.04. The highest BCUT2D eigenvalue weighted by atomic mass is 16.4. The van der Waals surface area contributed by atoms with Crippen LogP contribution in [0.3, 0.4) is 0 Å². The predicted octanol–water partition coefficient (Wildman–Crippen LogP) is 3.27. The van der Waals surface area contributed by atoms with Gasteiger partial charge in [0.05, 0.1) is 16.6 Å². The van der Waals surface area contributed by atoms with Gasteiger partial charge in [-0.1, -0.05) is 0 Å². The molecule has 0 atom stereocenters. The van der Waals surface area contributed by atoms with Crippen LogP contribution in [0.2, 0.25) is 0 Å². The van der Waals surface area contributed by atoms with Gasteiger partial charge >= 0.3 is 5.97 Å². The number of imidazole rings is 1. The van der Waals surface area contributed by atoms with E-state index in [0.29, 0.717) is 16.9 Å². The second kappa shape index (κ2) is 6.57. The van der Waals surface area contributed by atoms with E-state index in [1.165, 1.54) is 12.3 Å². The SMILES string of the molecule is N#CC(C#N)=CNc1ccc(-c2nc3ccc(C(=O)O)cc3[nH]2)cc1. The zero-order chi connectivity index (χ0) is 17.8. The molecule has 0 fully saturated rings. The largest absolute Gasteiger partial charge is 0.478 e. The lowest BCUT2D eigenvalue weighted by molar-refractivity contribution is 0.0697. The summed E-state index contributed by atoms with van der Waals surface area (Å²) >= 11 is 0. The van der Waals surface area contributed by atoms with Crippen LogP contribution < -0.4 is 5.32 Å². The number of allylic oxidation sites excluding steroid dienone is 1. The number of anilines is 1. The van der Waals surface area contributed by atoms with Gasteiger partial charge < -0.3 is 15.4 Å². The van der Waals surface area contributed by atoms with E-state index in [-0.39, 0.29) is 11.1 Å². The summed E-state index contributed by atoms with van der Waals surface area (Å²) in [5, 5.41) is 29.3. The van der Waals surface area contributed by atoms with Crippen LogP contribution >= 0.6 is 0 Å². The number of carboxylic acids is 1. The Kier molecular flexibility index (Phi) is 4.15. The van der Waals surface area contributed by atoms with Gasteiger partial charge in [-0.3, -0.25) is 0 Å². The Morgan fingerprint density at radius 3 is 2.52 bits per heavy atom. The fraction of sp³-hybridized carbons (Fsp3) is 0. The van der Waals surface area contributed by atoms with Crippen LogP contribution in [0, 0.1) is 22.7 Å². The van der Waals surface area contributed by atoms with Crippen molar-refractivity contribution in [3.63, 3.8) is 0 Å². The maximum atomic E-state index is 11.0. The maximum absolute atomic E-state index is 11.0. The van der Waals surface area contributed by atoms with Gasteiger partial charge in [0, 0.05) is 17.5 Å². The third-order valence-electron chi connectivity index (χ3n) is 3.51. The Balaban J connectivity index is 1.86. The van der Waals surface area contributed by atoms with E-state index in [1.807, 2.05) is 12.1 Å². The molecule has 0 saturated heterocycles. The minimum Gasteiger partial charge on any atom is -0.478 e. The molecular formula is C18H11N5O2. The Morgan fingerprint density at radius 2 is 1.88 bits per heavy atom. The molecule has 3 aromatic rings. The molecule has 0 aliphatic rings. The van der Waals surface area contributed by atoms with E-state index in [4.69, 9.17) is 15.6 Å². The number of hydrogen-bond donors (Lipinski definition) is 3. The summed E-state index contributed by atoms with van der Waals surface area (Å²) in [6.07, 6.45) is 1.34. The van der Waals surface area contributed by atoms with Crippen LogP contribution in [0.15, 0.2) is 54.2 Å². The number of hydrogen-bond acceptors (Lipinski definition) is 5. The van der Waals surface area contributed by atoms with Crippen molar-refractivity contribution in [2.45, 2.75) is 0 Å². The smallest absolute Gasteiger partial charge is 0.335 e. The molecular weight excluding hydrogens is 318 g/mol. The van der Waals surface area contributed by atoms with Crippen molar-refractivity contribution in [3.8, 4) is 23.5 Å². The fourth-order valence-corrected chi connectivity index (χ4v) is 2.25. The van der Waals surface area contributed by atoms with Gasteiger partial charge in [0.1, 0.15) is 23.5 Å². The molecule has 3 rings (SSSR count). The number of benzene rings is 2. The van der Waals surface area contributed by atoms with Crippen molar-refractivity contribution in [1.29, 1.82) is 10.5 Å². The van der Waals surface area contributed by atoms with E-state index >= 15 is 0 Å². The first-order valence-electron chi connectivity index (χ1n) is 7.21. The van der Waals surface area contributed by atoms with Crippen molar-refractivity contribution in [3.05, 3.63) is 59.8 Å². The van der Waals surface area contributed by atoms with Crippen molar-refractivity contribution in [2.75, 3.05) is 5.32 Å². The van der Waals surface area contributed by atoms with Gasteiger partial charge in [0.25, 0.3) is 0 Å². The first-order chi connectivity index (χ1) is 12.1. The zero-order valence-electron chi connectivity index (χ0n) is 12.8. The Hall–Kier alpha value is -4.10. The molecule has 0 aliphatic heterocycles. The Labute approximate surface area is 142 Å². The van der Waals surface area contributed by atoms with Gasteiger partial charge in [-0.15, -0.1) is 0 Å². The quantitative estimate of drug-likeness (QED) is 0.631. The first-order valence-corrected chi connectivity index (χ1v) is 7.21. The predicted molar refractivity (Wildman–Crippen MR) is 91.4 cm³/mol. The van der Waals surface area contributed by atoms with Crippen LogP contribution in [-0.2, 0) is 0 Å². The van der Waals surface area contributed by atoms with Crippen molar-refractivity contribution in [2.24, 2.45) is 0 Å². The van der Waals surface area contributed by atoms with Gasteiger partial charge in [-0.2, -0.15) is 10.5 Å². The molecule has 2 aromatic carbocycles. The summed E-state index contributed by atoms with van der Waals surface area (Å²) in [7, 11) is 0. The molecule has 0 amide bonds. The lowest BCUT2D eigenvalue weighted by Gasteiger charge is -2.02. The summed E-state index contributed by atoms with van der Waals surface area (Å²) < 4.78 is 0. The number of rotatable bonds is 4. The lowest BCUT2D eigenvalue weighted by atomic mass is 10.2. The molecule has 1 aromatic heterocycles. The lowest BCUT2D eigenvalue weighted by Crippen LogP contribution is -1.94. The van der Waals surface area contributed by atoms with Gasteiger partial charge in [0.2, 0.25) is 0 Å². The van der Waals surface area contributed by atoms with E-state index in [2.05, 4.69) is 15.3 Å². The summed E-state index contributed by atoms with van der Waals surface area (Å²) in [6.45, 7) is 0. The summed E-state index contributed by atoms with van der Waals surface area (Å²) in [4.78, 5) is 18.6. The molecule has 0 bridgehead atoms. The average Bonchev–Trinajstić information content (AvgIpc) is 3.06. The van der Waals surface area contributed by atoms with Gasteiger partial charge in [0.15, 0.2) is 0 Å². The summed E-state index contributed by atoms with van der Waals surface area (Å²) in [5.74, 6) is -0.370. The number of nitriles is 2. The van der Waals surface area contributed by atoms with E-state index < -0.39 is 5.97 Å². The molecule has 7 heteroatoms. The average molecular weight is 329 g/mol. The van der Waals surface area contributed by atoms with Crippen LogP contribution in [0.4, 0.5) is 5.69 Å². The number of aromatic nitrogens is 2. The highest BCUT2D eigenvalue weighted by molar-refractivity contribution is 5.93. The third-order valence-corrected chi connectivity index (χ3v) is 3.51. The molecule has 0 spiro atoms. The number of nitrogens with one attached hydrogen (secondary N) is 2. The van der Waals surface area contributed by atoms with Gasteiger partial charge in [-0.25, -0.2) is 9.78 Å².